The first-order valence-electron chi connectivity index (χ1n) is 7.82. The highest BCUT2D eigenvalue weighted by molar-refractivity contribution is 6.30. The highest BCUT2D eigenvalue weighted by Gasteiger charge is 2.30. The molecule has 22 heavy (non-hydrogen) atoms. The Bertz CT molecular complexity index is 633. The van der Waals surface area contributed by atoms with E-state index < -0.39 is 5.60 Å². The molecule has 0 spiro atoms. The van der Waals surface area contributed by atoms with Gasteiger partial charge in [0.15, 0.2) is 0 Å². The number of nitrogens with zero attached hydrogens (tertiary/aromatic N) is 2. The molecule has 4 nitrogen and oxygen atoms in total. The molecule has 0 bridgehead atoms. The van der Waals surface area contributed by atoms with Crippen LogP contribution in [0.15, 0.2) is 30.3 Å². The van der Waals surface area contributed by atoms with E-state index in [9.17, 15) is 5.11 Å². The minimum Gasteiger partial charge on any atom is -0.389 e. The van der Waals surface area contributed by atoms with Gasteiger partial charge in [-0.15, -0.1) is 0 Å². The molecular formula is C17H22ClN3O. The molecule has 1 aromatic heterocycles. The van der Waals surface area contributed by atoms with Crippen molar-refractivity contribution in [3.8, 4) is 5.69 Å². The lowest BCUT2D eigenvalue weighted by Gasteiger charge is -2.22. The average molecular weight is 320 g/mol. The minimum atomic E-state index is -0.546. The third-order valence-corrected chi connectivity index (χ3v) is 4.80. The number of rotatable bonds is 5. The summed E-state index contributed by atoms with van der Waals surface area (Å²) in [7, 11) is 0. The Morgan fingerprint density at radius 2 is 1.95 bits per heavy atom. The summed E-state index contributed by atoms with van der Waals surface area (Å²) in [5.41, 5.74) is 2.32. The molecule has 1 saturated carbocycles. The first-order valence-corrected chi connectivity index (χ1v) is 8.19. The van der Waals surface area contributed by atoms with Crippen LogP contribution in [0.25, 0.3) is 5.69 Å². The second-order valence-corrected chi connectivity index (χ2v) is 6.50. The number of hydrogen-bond donors (Lipinski definition) is 2. The van der Waals surface area contributed by atoms with E-state index in [4.69, 9.17) is 11.6 Å². The van der Waals surface area contributed by atoms with Crippen molar-refractivity contribution in [2.45, 2.75) is 44.8 Å². The van der Waals surface area contributed by atoms with Gasteiger partial charge in [0.25, 0.3) is 0 Å². The smallest absolute Gasteiger partial charge is 0.137 e. The number of benzene rings is 1. The van der Waals surface area contributed by atoms with Crippen LogP contribution in [0.3, 0.4) is 0 Å². The van der Waals surface area contributed by atoms with Gasteiger partial charge in [-0.25, -0.2) is 4.68 Å². The van der Waals surface area contributed by atoms with Crippen molar-refractivity contribution in [3.63, 3.8) is 0 Å². The predicted octanol–water partition coefficient (Wildman–Crippen LogP) is 3.23. The molecule has 1 aliphatic rings. The Balaban J connectivity index is 1.70. The van der Waals surface area contributed by atoms with Crippen LogP contribution in [0.1, 0.15) is 36.9 Å². The molecule has 0 amide bonds. The molecule has 1 aliphatic carbocycles. The van der Waals surface area contributed by atoms with E-state index in [1.54, 1.807) is 4.68 Å². The lowest BCUT2D eigenvalue weighted by Crippen LogP contribution is -2.37. The summed E-state index contributed by atoms with van der Waals surface area (Å²) < 4.78 is 1.76. The van der Waals surface area contributed by atoms with Crippen LogP contribution in [0.4, 0.5) is 0 Å². The van der Waals surface area contributed by atoms with E-state index >= 15 is 0 Å². The van der Waals surface area contributed by atoms with Crippen LogP contribution >= 0.6 is 11.6 Å². The summed E-state index contributed by atoms with van der Waals surface area (Å²) in [5, 5.41) is 18.9. The van der Waals surface area contributed by atoms with Crippen molar-refractivity contribution in [3.05, 3.63) is 46.7 Å². The second-order valence-electron chi connectivity index (χ2n) is 6.14. The molecule has 1 heterocycles. The van der Waals surface area contributed by atoms with Crippen molar-refractivity contribution in [2.75, 3.05) is 6.54 Å². The van der Waals surface area contributed by atoms with Crippen LogP contribution < -0.4 is 5.32 Å². The first-order chi connectivity index (χ1) is 10.6. The van der Waals surface area contributed by atoms with E-state index in [1.807, 2.05) is 37.3 Å². The summed E-state index contributed by atoms with van der Waals surface area (Å²) in [5.74, 6) is 0. The number of hydrogen-bond acceptors (Lipinski definition) is 3. The largest absolute Gasteiger partial charge is 0.389 e. The van der Waals surface area contributed by atoms with E-state index in [0.29, 0.717) is 18.2 Å². The molecule has 0 saturated heterocycles. The fourth-order valence-electron chi connectivity index (χ4n) is 3.10. The number of aliphatic hydroxyl groups is 1. The van der Waals surface area contributed by atoms with Crippen molar-refractivity contribution in [2.24, 2.45) is 0 Å². The topological polar surface area (TPSA) is 50.1 Å². The van der Waals surface area contributed by atoms with Gasteiger partial charge in [-0.05, 0) is 31.9 Å². The molecule has 1 fully saturated rings. The highest BCUT2D eigenvalue weighted by atomic mass is 35.5. The molecule has 0 unspecified atom stereocenters. The number of para-hydroxylation sites is 1. The number of nitrogens with one attached hydrogen (secondary N) is 1. The maximum atomic E-state index is 10.4. The zero-order chi connectivity index (χ0) is 15.6. The van der Waals surface area contributed by atoms with Crippen molar-refractivity contribution >= 4 is 11.6 Å². The quantitative estimate of drug-likeness (QED) is 0.889. The van der Waals surface area contributed by atoms with Crippen molar-refractivity contribution in [1.82, 2.24) is 15.1 Å². The lowest BCUT2D eigenvalue weighted by molar-refractivity contribution is 0.0474. The average Bonchev–Trinajstić information content (AvgIpc) is 3.07. The molecule has 2 aromatic rings. The highest BCUT2D eigenvalue weighted by Crippen LogP contribution is 2.29. The lowest BCUT2D eigenvalue weighted by atomic mass is 10.0. The molecule has 118 valence electrons. The van der Waals surface area contributed by atoms with Gasteiger partial charge in [-0.2, -0.15) is 5.10 Å². The van der Waals surface area contributed by atoms with E-state index in [2.05, 4.69) is 10.4 Å². The second kappa shape index (κ2) is 6.41. The molecule has 0 aliphatic heterocycles. The standard InChI is InChI=1S/C17H22ClN3O/c1-13-15(11-19-12-17(22)9-5-6-10-17)16(18)21(20-13)14-7-3-2-4-8-14/h2-4,7-8,19,22H,5-6,9-12H2,1H3. The summed E-state index contributed by atoms with van der Waals surface area (Å²) >= 11 is 6.49. The number of aryl methyl sites for hydroxylation is 1. The normalized spacial score (nSPS) is 17.0. The van der Waals surface area contributed by atoms with Crippen LogP contribution in [-0.4, -0.2) is 27.0 Å². The maximum absolute atomic E-state index is 10.4. The Labute approximate surface area is 136 Å². The fourth-order valence-corrected chi connectivity index (χ4v) is 3.44. The van der Waals surface area contributed by atoms with E-state index in [0.717, 1.165) is 42.6 Å². The maximum Gasteiger partial charge on any atom is 0.137 e. The zero-order valence-electron chi connectivity index (χ0n) is 12.8. The third kappa shape index (κ3) is 3.19. The first kappa shape index (κ1) is 15.5. The van der Waals surface area contributed by atoms with Gasteiger partial charge in [0.2, 0.25) is 0 Å². The van der Waals surface area contributed by atoms with Gasteiger partial charge < -0.3 is 10.4 Å². The van der Waals surface area contributed by atoms with Gasteiger partial charge in [0, 0.05) is 18.7 Å². The molecule has 0 atom stereocenters. The summed E-state index contributed by atoms with van der Waals surface area (Å²) in [6.45, 7) is 3.20. The summed E-state index contributed by atoms with van der Waals surface area (Å²) in [6, 6.07) is 9.87. The SMILES string of the molecule is Cc1nn(-c2ccccc2)c(Cl)c1CNCC1(O)CCCC1. The van der Waals surface area contributed by atoms with Crippen molar-refractivity contribution in [1.29, 1.82) is 0 Å². The van der Waals surface area contributed by atoms with Gasteiger partial charge in [0.1, 0.15) is 5.15 Å². The molecule has 0 radical (unpaired) electrons. The Kier molecular flexibility index (Phi) is 4.52. The van der Waals surface area contributed by atoms with E-state index in [1.165, 1.54) is 0 Å². The number of aromatic nitrogens is 2. The zero-order valence-corrected chi connectivity index (χ0v) is 13.6. The molecule has 3 rings (SSSR count). The predicted molar refractivity (Wildman–Crippen MR) is 88.4 cm³/mol. The Morgan fingerprint density at radius 3 is 2.64 bits per heavy atom. The van der Waals surface area contributed by atoms with Gasteiger partial charge in [-0.3, -0.25) is 0 Å². The monoisotopic (exact) mass is 319 g/mol. The van der Waals surface area contributed by atoms with Crippen LogP contribution in [-0.2, 0) is 6.54 Å². The van der Waals surface area contributed by atoms with Crippen LogP contribution in [0.5, 0.6) is 0 Å². The molecule has 1 aromatic carbocycles. The Hall–Kier alpha value is -1.36. The van der Waals surface area contributed by atoms with Gasteiger partial charge in [-0.1, -0.05) is 42.6 Å². The van der Waals surface area contributed by atoms with Gasteiger partial charge in [0.05, 0.1) is 17.0 Å². The van der Waals surface area contributed by atoms with Crippen LogP contribution in [0, 0.1) is 6.92 Å². The fraction of sp³-hybridized carbons (Fsp3) is 0.471. The Morgan fingerprint density at radius 1 is 1.27 bits per heavy atom. The minimum absolute atomic E-state index is 0.546. The molecular weight excluding hydrogens is 298 g/mol. The molecule has 5 heteroatoms. The molecule has 2 N–H and O–H groups in total. The number of halogens is 1. The summed E-state index contributed by atoms with van der Waals surface area (Å²) in [6.07, 6.45) is 4.00. The summed E-state index contributed by atoms with van der Waals surface area (Å²) in [4.78, 5) is 0. The van der Waals surface area contributed by atoms with Crippen LogP contribution in [0.2, 0.25) is 5.15 Å². The van der Waals surface area contributed by atoms with Crippen molar-refractivity contribution < 1.29 is 5.11 Å². The van der Waals surface area contributed by atoms with Gasteiger partial charge >= 0.3 is 0 Å². The third-order valence-electron chi connectivity index (χ3n) is 4.41. The van der Waals surface area contributed by atoms with E-state index in [-0.39, 0.29) is 0 Å².